The number of rotatable bonds is 33. The maximum Gasteiger partial charge on any atom is 0.407 e. The maximum atomic E-state index is 13.9. The molecule has 87 heavy (non-hydrogen) atoms. The van der Waals surface area contributed by atoms with Crippen molar-refractivity contribution in [2.45, 2.75) is 101 Å². The van der Waals surface area contributed by atoms with E-state index < -0.39 is 79.4 Å². The molecule has 4 aromatic carbocycles. The Morgan fingerprint density at radius 3 is 2.17 bits per heavy atom. The quantitative estimate of drug-likeness (QED) is 0.0162. The Bertz CT molecular complexity index is 3090. The minimum absolute atomic E-state index is 0.0841. The summed E-state index contributed by atoms with van der Waals surface area (Å²) in [5, 5.41) is 76.4. The van der Waals surface area contributed by atoms with E-state index in [9.17, 15) is 49.8 Å². The lowest BCUT2D eigenvalue weighted by molar-refractivity contribution is -0.300. The fourth-order valence-corrected chi connectivity index (χ4v) is 11.1. The lowest BCUT2D eigenvalue weighted by Gasteiger charge is -2.39. The summed E-state index contributed by atoms with van der Waals surface area (Å²) >= 11 is 0. The van der Waals surface area contributed by atoms with Crippen molar-refractivity contribution < 1.29 is 92.4 Å². The number of ether oxygens (including phenoxy) is 9. The van der Waals surface area contributed by atoms with E-state index >= 15 is 0 Å². The number of phenols is 2. The number of allylic oxidation sites excluding steroid dienone is 1. The summed E-state index contributed by atoms with van der Waals surface area (Å²) < 4.78 is 53.1. The van der Waals surface area contributed by atoms with Gasteiger partial charge < -0.3 is 89.2 Å². The van der Waals surface area contributed by atoms with Crippen molar-refractivity contribution in [2.75, 3.05) is 77.9 Å². The molecule has 9 N–H and O–H groups in total. The Kier molecular flexibility index (Phi) is 22.2. The summed E-state index contributed by atoms with van der Waals surface area (Å²) in [6.45, 7) is 7.86. The molecule has 0 bridgehead atoms. The Morgan fingerprint density at radius 1 is 0.805 bits per heavy atom. The molecule has 3 amide bonds. The summed E-state index contributed by atoms with van der Waals surface area (Å²) in [7, 11) is 0. The van der Waals surface area contributed by atoms with Crippen molar-refractivity contribution in [1.29, 1.82) is 0 Å². The van der Waals surface area contributed by atoms with Crippen molar-refractivity contribution >= 4 is 29.6 Å². The number of aromatic nitrogens is 3. The number of fused-ring (bicyclic) bond motifs is 6. The summed E-state index contributed by atoms with van der Waals surface area (Å²) in [6.07, 6.45) is 1.50. The van der Waals surface area contributed by atoms with Gasteiger partial charge in [0.2, 0.25) is 11.8 Å². The number of esters is 1. The van der Waals surface area contributed by atoms with Crippen LogP contribution in [0.25, 0.3) is 0 Å². The number of amides is 3. The molecule has 4 heterocycles. The third-order valence-corrected chi connectivity index (χ3v) is 15.7. The summed E-state index contributed by atoms with van der Waals surface area (Å²) in [4.78, 5) is 54.4. The molecular formula is C62H76N6O19. The molecule has 3 aliphatic heterocycles. The zero-order valence-electron chi connectivity index (χ0n) is 48.3. The molecule has 1 aliphatic carbocycles. The molecule has 1 spiro atoms. The van der Waals surface area contributed by atoms with E-state index in [0.29, 0.717) is 92.6 Å². The van der Waals surface area contributed by atoms with E-state index in [4.69, 9.17) is 42.6 Å². The zero-order valence-corrected chi connectivity index (χ0v) is 48.3. The van der Waals surface area contributed by atoms with Gasteiger partial charge in [-0.15, -0.1) is 11.7 Å². The Hall–Kier alpha value is -7.72. The van der Waals surface area contributed by atoms with Crippen LogP contribution in [0, 0.1) is 17.8 Å². The Morgan fingerprint density at radius 2 is 1.48 bits per heavy atom. The van der Waals surface area contributed by atoms with Crippen LogP contribution in [0.15, 0.2) is 97.7 Å². The largest absolute Gasteiger partial charge is 0.508 e. The number of hydrogen-bond donors (Lipinski definition) is 9. The molecule has 9 rings (SSSR count). The van der Waals surface area contributed by atoms with Crippen molar-refractivity contribution in [3.8, 4) is 28.7 Å². The van der Waals surface area contributed by atoms with E-state index in [1.54, 1.807) is 35.1 Å². The minimum Gasteiger partial charge on any atom is -0.508 e. The van der Waals surface area contributed by atoms with Crippen molar-refractivity contribution in [3.05, 3.63) is 131 Å². The van der Waals surface area contributed by atoms with Crippen LogP contribution in [-0.2, 0) is 67.7 Å². The molecule has 5 aromatic rings. The molecule has 1 aromatic heterocycles. The molecule has 0 radical (unpaired) electrons. The van der Waals surface area contributed by atoms with Crippen LogP contribution in [0.5, 0.6) is 28.7 Å². The van der Waals surface area contributed by atoms with Crippen molar-refractivity contribution in [2.24, 2.45) is 17.8 Å². The lowest BCUT2D eigenvalue weighted by atomic mass is 9.77. The number of anilines is 1. The monoisotopic (exact) mass is 1210 g/mol. The number of benzene rings is 4. The highest BCUT2D eigenvalue weighted by molar-refractivity contribution is 6.00. The molecule has 25 heteroatoms. The van der Waals surface area contributed by atoms with E-state index in [2.05, 4.69) is 39.8 Å². The Labute approximate surface area is 502 Å². The molecule has 3 unspecified atom stereocenters. The number of unbranched alkanes of at least 4 members (excludes halogenated alkanes) is 1. The number of alkyl carbamates (subject to hydrolysis) is 1. The van der Waals surface area contributed by atoms with Crippen LogP contribution >= 0.6 is 0 Å². The fraction of sp³-hybridized carbons (Fsp3) is 0.484. The van der Waals surface area contributed by atoms with Gasteiger partial charge in [-0.25, -0.2) is 14.3 Å². The standard InChI is InChI=1S/C62H76N6O19/c1-3-5-7-43-44(8-6-4-2)46(43)36-84-61(78)65-50(58(76)63-33-54(72)64-38-11-16-47-45(29-38)59(77)87-62(47)48-17-12-40(70)31-51(48)85-52-32-41(71)13-18-49(52)62)30-39-34-68(67-66-39)20-22-79-23-24-80-25-26-81-27-28-82-42-14-9-37(10-15-42)19-21-83-60-57(75)56(74)55(73)53(35-69)86-60/h3,9-18,29,31-32,34,43-44,46,50,53,55-57,60,69-71,73-75H,1,4-8,19-28,30,33,35-36H2,2H3,(H,63,76)(H,64,72)(H,65,78)/t43?,44?,46-,50-,53+,55+,56-,57+,60?/m0/s1. The molecule has 1 saturated carbocycles. The summed E-state index contributed by atoms with van der Waals surface area (Å²) in [5.41, 5.74) is 1.50. The third-order valence-electron chi connectivity index (χ3n) is 15.7. The third kappa shape index (κ3) is 16.1. The summed E-state index contributed by atoms with van der Waals surface area (Å²) in [6, 6.07) is 19.7. The van der Waals surface area contributed by atoms with E-state index in [1.165, 1.54) is 30.3 Å². The van der Waals surface area contributed by atoms with Crippen LogP contribution in [0.2, 0.25) is 0 Å². The molecule has 2 fully saturated rings. The second kappa shape index (κ2) is 30.3. The maximum absolute atomic E-state index is 13.9. The first kappa shape index (κ1) is 63.8. The van der Waals surface area contributed by atoms with Gasteiger partial charge in [0.05, 0.1) is 83.8 Å². The average molecular weight is 1210 g/mol. The first-order valence-electron chi connectivity index (χ1n) is 29.3. The number of carbonyl (C=O) groups excluding carboxylic acids is 4. The number of carbonyl (C=O) groups is 4. The summed E-state index contributed by atoms with van der Waals surface area (Å²) in [5.74, 6) is -0.0344. The van der Waals surface area contributed by atoms with Crippen LogP contribution < -0.4 is 25.4 Å². The van der Waals surface area contributed by atoms with Gasteiger partial charge in [-0.05, 0) is 97.5 Å². The van der Waals surface area contributed by atoms with Gasteiger partial charge in [0.1, 0.15) is 65.8 Å². The van der Waals surface area contributed by atoms with Gasteiger partial charge in [0, 0.05) is 47.1 Å². The zero-order chi connectivity index (χ0) is 61.5. The molecule has 25 nitrogen and oxygen atoms in total. The molecule has 4 aliphatic rings. The van der Waals surface area contributed by atoms with Crippen molar-refractivity contribution in [1.82, 2.24) is 25.6 Å². The van der Waals surface area contributed by atoms with E-state index in [1.807, 2.05) is 30.3 Å². The predicted octanol–water partition coefficient (Wildman–Crippen LogP) is 4.16. The number of phenolic OH excluding ortho intramolecular Hbond substituents is 2. The molecular weight excluding hydrogens is 1130 g/mol. The smallest absolute Gasteiger partial charge is 0.407 e. The Balaban J connectivity index is 0.701. The van der Waals surface area contributed by atoms with E-state index in [0.717, 1.165) is 37.7 Å². The predicted molar refractivity (Wildman–Crippen MR) is 309 cm³/mol. The van der Waals surface area contributed by atoms with Crippen LogP contribution in [0.1, 0.15) is 77.3 Å². The lowest BCUT2D eigenvalue weighted by Crippen LogP contribution is -2.59. The van der Waals surface area contributed by atoms with Crippen molar-refractivity contribution in [3.63, 3.8) is 0 Å². The first-order chi connectivity index (χ1) is 42.2. The van der Waals surface area contributed by atoms with Gasteiger partial charge in [-0.1, -0.05) is 49.3 Å². The number of aliphatic hydroxyl groups excluding tert-OH is 4. The van der Waals surface area contributed by atoms with Crippen LogP contribution in [0.4, 0.5) is 10.5 Å². The van der Waals surface area contributed by atoms with Gasteiger partial charge in [0.25, 0.3) is 0 Å². The topological polar surface area (TPSA) is 340 Å². The minimum atomic E-state index is -1.50. The normalized spacial score (nSPS) is 21.6. The highest BCUT2D eigenvalue weighted by Crippen LogP contribution is 2.57. The average Bonchev–Trinajstić information content (AvgIpc) is 1.66. The SMILES string of the molecule is C=CCCC1C(CCCC)[C@H]1COC(=O)N[C@@H](Cc1cn(CCOCCOCCOCCOc2ccc(CCOC3O[C@H](CO)[C@@H](O)[C@H](O)[C@H]3O)cc2)nn1)C(=O)NCC(=O)Nc1ccc2c(c1)C(=O)OC21c2ccc(O)cc2Oc2cc(O)ccc21. The number of nitrogens with zero attached hydrogens (tertiary/aromatic N) is 3. The molecule has 468 valence electrons. The van der Waals surface area contributed by atoms with Gasteiger partial charge in [-0.3, -0.25) is 9.59 Å². The second-order valence-corrected chi connectivity index (χ2v) is 21.7. The number of hydrogen-bond acceptors (Lipinski definition) is 21. The highest BCUT2D eigenvalue weighted by atomic mass is 16.7. The molecule has 9 atom stereocenters. The highest BCUT2D eigenvalue weighted by Gasteiger charge is 2.54. The van der Waals surface area contributed by atoms with Gasteiger partial charge in [-0.2, -0.15) is 0 Å². The first-order valence-corrected chi connectivity index (χ1v) is 29.3. The van der Waals surface area contributed by atoms with Gasteiger partial charge >= 0.3 is 12.1 Å². The number of aliphatic hydroxyl groups is 4. The number of aromatic hydroxyl groups is 2. The van der Waals surface area contributed by atoms with Crippen LogP contribution in [0.3, 0.4) is 0 Å². The number of nitrogens with one attached hydrogen (secondary N) is 3. The second-order valence-electron chi connectivity index (χ2n) is 21.7. The molecule has 1 saturated heterocycles. The fourth-order valence-electron chi connectivity index (χ4n) is 11.1. The van der Waals surface area contributed by atoms with Crippen LogP contribution in [-0.4, -0.2) is 179 Å². The van der Waals surface area contributed by atoms with Gasteiger partial charge in [0.15, 0.2) is 11.9 Å². The van der Waals surface area contributed by atoms with E-state index in [-0.39, 0.29) is 66.4 Å².